The van der Waals surface area contributed by atoms with E-state index in [9.17, 15) is 18.4 Å². The molecule has 1 N–H and O–H groups in total. The van der Waals surface area contributed by atoms with Crippen molar-refractivity contribution in [1.29, 1.82) is 0 Å². The van der Waals surface area contributed by atoms with Crippen molar-refractivity contribution in [3.05, 3.63) is 35.4 Å². The van der Waals surface area contributed by atoms with Gasteiger partial charge in [-0.25, -0.2) is 8.78 Å². The molecular formula is C15H18F2N2O2. The maximum atomic E-state index is 13.8. The number of benzene rings is 1. The third-order valence-corrected chi connectivity index (χ3v) is 3.62. The Morgan fingerprint density at radius 1 is 1.33 bits per heavy atom. The van der Waals surface area contributed by atoms with Gasteiger partial charge in [0, 0.05) is 30.6 Å². The van der Waals surface area contributed by atoms with E-state index in [2.05, 4.69) is 5.32 Å². The molecule has 0 aliphatic carbocycles. The number of carbonyl (C=O) groups excluding carboxylic acids is 2. The van der Waals surface area contributed by atoms with Gasteiger partial charge in [0.2, 0.25) is 11.8 Å². The largest absolute Gasteiger partial charge is 0.342 e. The Balaban J connectivity index is 2.31. The Labute approximate surface area is 122 Å². The van der Waals surface area contributed by atoms with Crippen molar-refractivity contribution < 1.29 is 18.4 Å². The van der Waals surface area contributed by atoms with Crippen LogP contribution in [-0.4, -0.2) is 28.3 Å². The quantitative estimate of drug-likeness (QED) is 0.907. The zero-order chi connectivity index (χ0) is 15.8. The predicted octanol–water partition coefficient (Wildman–Crippen LogP) is 1.98. The molecule has 21 heavy (non-hydrogen) atoms. The van der Waals surface area contributed by atoms with Crippen molar-refractivity contribution >= 4 is 11.8 Å². The number of nitrogens with one attached hydrogen (secondary N) is 1. The van der Waals surface area contributed by atoms with Crippen molar-refractivity contribution in [3.8, 4) is 0 Å². The van der Waals surface area contributed by atoms with E-state index < -0.39 is 17.2 Å². The van der Waals surface area contributed by atoms with Crippen molar-refractivity contribution in [2.45, 2.75) is 45.3 Å². The molecule has 2 amide bonds. The van der Waals surface area contributed by atoms with Crippen molar-refractivity contribution in [2.24, 2.45) is 0 Å². The van der Waals surface area contributed by atoms with Crippen LogP contribution in [0.4, 0.5) is 8.78 Å². The van der Waals surface area contributed by atoms with Crippen LogP contribution in [0.5, 0.6) is 0 Å². The first-order valence-corrected chi connectivity index (χ1v) is 6.76. The fraction of sp³-hybridized carbons (Fsp3) is 0.467. The average Bonchev–Trinajstić information content (AvgIpc) is 2.41. The molecule has 2 rings (SSSR count). The van der Waals surface area contributed by atoms with E-state index in [1.54, 1.807) is 20.8 Å². The summed E-state index contributed by atoms with van der Waals surface area (Å²) in [5.41, 5.74) is -0.819. The number of amides is 2. The molecule has 0 saturated carbocycles. The maximum absolute atomic E-state index is 13.8. The molecule has 1 unspecified atom stereocenters. The Morgan fingerprint density at radius 3 is 2.62 bits per heavy atom. The number of hydrogen-bond acceptors (Lipinski definition) is 2. The maximum Gasteiger partial charge on any atom is 0.248 e. The molecular weight excluding hydrogens is 278 g/mol. The lowest BCUT2D eigenvalue weighted by Crippen LogP contribution is -2.53. The van der Waals surface area contributed by atoms with E-state index in [1.807, 2.05) is 0 Å². The lowest BCUT2D eigenvalue weighted by molar-refractivity contribution is -0.139. The van der Waals surface area contributed by atoms with Gasteiger partial charge in [-0.1, -0.05) is 6.07 Å². The molecule has 0 spiro atoms. The molecule has 1 aromatic carbocycles. The summed E-state index contributed by atoms with van der Waals surface area (Å²) in [5, 5.41) is 2.65. The molecule has 1 atom stereocenters. The second-order valence-electron chi connectivity index (χ2n) is 5.90. The molecule has 0 bridgehead atoms. The molecule has 1 aliphatic rings. The highest BCUT2D eigenvalue weighted by Gasteiger charge is 2.39. The molecule has 1 heterocycles. The molecule has 1 aliphatic heterocycles. The topological polar surface area (TPSA) is 49.4 Å². The highest BCUT2D eigenvalue weighted by atomic mass is 19.1. The van der Waals surface area contributed by atoms with Crippen LogP contribution in [0, 0.1) is 11.6 Å². The summed E-state index contributed by atoms with van der Waals surface area (Å²) >= 11 is 0. The molecule has 1 aromatic rings. The van der Waals surface area contributed by atoms with Crippen LogP contribution in [0.3, 0.4) is 0 Å². The number of carbonyl (C=O) groups is 2. The smallest absolute Gasteiger partial charge is 0.248 e. The van der Waals surface area contributed by atoms with Gasteiger partial charge in [-0.05, 0) is 26.8 Å². The van der Waals surface area contributed by atoms with Crippen molar-refractivity contribution in [2.75, 3.05) is 0 Å². The zero-order valence-corrected chi connectivity index (χ0v) is 12.2. The van der Waals surface area contributed by atoms with Gasteiger partial charge in [0.1, 0.15) is 17.2 Å². The molecule has 0 radical (unpaired) electrons. The summed E-state index contributed by atoms with van der Waals surface area (Å²) in [6.07, 6.45) is 0.151. The van der Waals surface area contributed by atoms with Gasteiger partial charge in [0.15, 0.2) is 0 Å². The first-order valence-electron chi connectivity index (χ1n) is 6.76. The fourth-order valence-electron chi connectivity index (χ4n) is 2.45. The van der Waals surface area contributed by atoms with Crippen LogP contribution >= 0.6 is 0 Å². The fourth-order valence-corrected chi connectivity index (χ4v) is 2.45. The van der Waals surface area contributed by atoms with Gasteiger partial charge in [-0.3, -0.25) is 9.59 Å². The van der Waals surface area contributed by atoms with Crippen LogP contribution in [-0.2, 0) is 16.1 Å². The van der Waals surface area contributed by atoms with Gasteiger partial charge >= 0.3 is 0 Å². The molecule has 114 valence electrons. The molecule has 6 heteroatoms. The Hall–Kier alpha value is -1.98. The van der Waals surface area contributed by atoms with E-state index >= 15 is 0 Å². The van der Waals surface area contributed by atoms with E-state index in [1.165, 1.54) is 11.0 Å². The lowest BCUT2D eigenvalue weighted by atomic mass is 10.0. The van der Waals surface area contributed by atoms with Gasteiger partial charge in [-0.2, -0.15) is 0 Å². The first-order chi connectivity index (χ1) is 9.70. The zero-order valence-electron chi connectivity index (χ0n) is 12.2. The van der Waals surface area contributed by atoms with Crippen LogP contribution in [0.1, 0.15) is 32.8 Å². The highest BCUT2D eigenvalue weighted by Crippen LogP contribution is 2.22. The molecule has 1 saturated heterocycles. The summed E-state index contributed by atoms with van der Waals surface area (Å²) in [4.78, 5) is 25.7. The molecule has 0 aromatic heterocycles. The number of nitrogens with zero attached hydrogens (tertiary/aromatic N) is 1. The minimum atomic E-state index is -1.04. The monoisotopic (exact) mass is 296 g/mol. The van der Waals surface area contributed by atoms with Gasteiger partial charge in [0.05, 0.1) is 0 Å². The van der Waals surface area contributed by atoms with E-state index in [0.717, 1.165) is 12.1 Å². The van der Waals surface area contributed by atoms with E-state index in [-0.39, 0.29) is 36.4 Å². The number of hydrogen-bond donors (Lipinski definition) is 1. The first kappa shape index (κ1) is 15.4. The lowest BCUT2D eigenvalue weighted by Gasteiger charge is -2.32. The average molecular weight is 296 g/mol. The third-order valence-electron chi connectivity index (χ3n) is 3.62. The van der Waals surface area contributed by atoms with Crippen molar-refractivity contribution in [3.63, 3.8) is 0 Å². The summed E-state index contributed by atoms with van der Waals surface area (Å²) < 4.78 is 26.7. The van der Waals surface area contributed by atoms with Gasteiger partial charge in [0.25, 0.3) is 0 Å². The van der Waals surface area contributed by atoms with Gasteiger partial charge < -0.3 is 10.2 Å². The standard InChI is InChI=1S/C15H18F2N2O2/c1-9-6-13(20)18-15(2,3)14(21)19(9)8-10-4-5-11(16)7-12(10)17/h4-5,7,9H,6,8H2,1-3H3,(H,18,20). The van der Waals surface area contributed by atoms with Crippen LogP contribution in [0.25, 0.3) is 0 Å². The Morgan fingerprint density at radius 2 is 2.00 bits per heavy atom. The van der Waals surface area contributed by atoms with E-state index in [4.69, 9.17) is 0 Å². The van der Waals surface area contributed by atoms with Crippen LogP contribution < -0.4 is 5.32 Å². The summed E-state index contributed by atoms with van der Waals surface area (Å²) in [5.74, 6) is -1.87. The molecule has 1 fully saturated rings. The normalized spacial score (nSPS) is 22.0. The summed E-state index contributed by atoms with van der Waals surface area (Å²) in [6.45, 7) is 4.96. The SMILES string of the molecule is CC1CC(=O)NC(C)(C)C(=O)N1Cc1ccc(F)cc1F. The summed E-state index contributed by atoms with van der Waals surface area (Å²) in [7, 11) is 0. The second kappa shape index (κ2) is 5.42. The van der Waals surface area contributed by atoms with Crippen LogP contribution in [0.2, 0.25) is 0 Å². The molecule has 4 nitrogen and oxygen atoms in total. The second-order valence-corrected chi connectivity index (χ2v) is 5.90. The van der Waals surface area contributed by atoms with Crippen molar-refractivity contribution in [1.82, 2.24) is 10.2 Å². The predicted molar refractivity (Wildman–Crippen MR) is 73.2 cm³/mol. The number of rotatable bonds is 2. The van der Waals surface area contributed by atoms with Gasteiger partial charge in [-0.15, -0.1) is 0 Å². The highest BCUT2D eigenvalue weighted by molar-refractivity contribution is 5.93. The van der Waals surface area contributed by atoms with E-state index in [0.29, 0.717) is 0 Å². The Kier molecular flexibility index (Phi) is 3.98. The Bertz CT molecular complexity index is 587. The minimum absolute atomic E-state index is 0.00447. The third kappa shape index (κ3) is 3.20. The minimum Gasteiger partial charge on any atom is -0.342 e. The van der Waals surface area contributed by atoms with Crippen LogP contribution in [0.15, 0.2) is 18.2 Å². The summed E-state index contributed by atoms with van der Waals surface area (Å²) in [6, 6.07) is 2.90. The number of halogens is 2.